The topological polar surface area (TPSA) is 80.3 Å². The summed E-state index contributed by atoms with van der Waals surface area (Å²) in [5.74, 6) is 0. The van der Waals surface area contributed by atoms with E-state index in [9.17, 15) is 17.2 Å². The van der Waals surface area contributed by atoms with Crippen molar-refractivity contribution in [1.29, 1.82) is 0 Å². The Hall–Kier alpha value is -1.32. The average molecular weight is 309 g/mol. The van der Waals surface area contributed by atoms with Crippen molar-refractivity contribution in [1.82, 2.24) is 9.71 Å². The first kappa shape index (κ1) is 16.7. The number of hydrogen-bond donors (Lipinski definition) is 2. The number of anilines is 1. The van der Waals surface area contributed by atoms with Gasteiger partial charge in [-0.1, -0.05) is 0 Å². The van der Waals surface area contributed by atoms with Crippen LogP contribution < -0.4 is 10.0 Å². The highest BCUT2D eigenvalue weighted by molar-refractivity contribution is 7.89. The summed E-state index contributed by atoms with van der Waals surface area (Å²) < 4.78 is 54.6. The van der Waals surface area contributed by atoms with Gasteiger partial charge in [0.2, 0.25) is 10.0 Å². The number of hydrogen-bond acceptors (Lipinski definition) is 5. The van der Waals surface area contributed by atoms with Gasteiger partial charge in [0, 0.05) is 25.5 Å². The third kappa shape index (κ3) is 5.35. The van der Waals surface area contributed by atoms with Gasteiger partial charge in [0.25, 0.3) is 6.43 Å². The van der Waals surface area contributed by atoms with Gasteiger partial charge in [-0.2, -0.15) is 0 Å². The van der Waals surface area contributed by atoms with Crippen LogP contribution in [0.1, 0.15) is 6.92 Å². The Bertz CT molecular complexity index is 511. The van der Waals surface area contributed by atoms with Crippen LogP contribution in [-0.4, -0.2) is 46.1 Å². The molecule has 0 aromatic carbocycles. The van der Waals surface area contributed by atoms with Crippen LogP contribution in [0.25, 0.3) is 0 Å². The monoisotopic (exact) mass is 309 g/mol. The molecule has 0 aliphatic carbocycles. The third-order valence-corrected chi connectivity index (χ3v) is 3.71. The van der Waals surface area contributed by atoms with Crippen LogP contribution >= 0.6 is 0 Å². The molecule has 0 bridgehead atoms. The summed E-state index contributed by atoms with van der Waals surface area (Å²) in [6.45, 7) is 1.47. The van der Waals surface area contributed by atoms with Crippen LogP contribution in [0.4, 0.5) is 14.5 Å². The standard InChI is InChI=1S/C11H17F2N3O3S/c1-2-15-9-3-4-14-7-10(9)20(17,18)16-5-6-19-8-11(12)13/h3-4,7,11,16H,2,5-6,8H2,1H3,(H,14,15). The fourth-order valence-corrected chi connectivity index (χ4v) is 2.57. The SMILES string of the molecule is CCNc1ccncc1S(=O)(=O)NCCOCC(F)F. The minimum absolute atomic E-state index is 0.00992. The summed E-state index contributed by atoms with van der Waals surface area (Å²) >= 11 is 0. The van der Waals surface area contributed by atoms with Crippen LogP contribution in [0, 0.1) is 0 Å². The molecule has 1 aromatic rings. The molecule has 0 spiro atoms. The van der Waals surface area contributed by atoms with Gasteiger partial charge in [-0.15, -0.1) is 0 Å². The van der Waals surface area contributed by atoms with E-state index < -0.39 is 23.1 Å². The number of sulfonamides is 1. The predicted octanol–water partition coefficient (Wildman–Crippen LogP) is 1.07. The fourth-order valence-electron chi connectivity index (χ4n) is 1.43. The van der Waals surface area contributed by atoms with Crippen molar-refractivity contribution in [3.8, 4) is 0 Å². The van der Waals surface area contributed by atoms with Crippen LogP contribution in [0.15, 0.2) is 23.4 Å². The largest absolute Gasteiger partial charge is 0.384 e. The molecular formula is C11H17F2N3O3S. The van der Waals surface area contributed by atoms with Crippen molar-refractivity contribution in [2.75, 3.05) is 31.6 Å². The summed E-state index contributed by atoms with van der Waals surface area (Å²) in [7, 11) is -3.76. The molecule has 9 heteroatoms. The maximum absolute atomic E-state index is 12.0. The second-order valence-electron chi connectivity index (χ2n) is 3.77. The number of halogens is 2. The van der Waals surface area contributed by atoms with Crippen LogP contribution in [0.2, 0.25) is 0 Å². The van der Waals surface area contributed by atoms with E-state index >= 15 is 0 Å². The Morgan fingerprint density at radius 3 is 2.85 bits per heavy atom. The summed E-state index contributed by atoms with van der Waals surface area (Å²) in [5, 5.41) is 2.91. The second kappa shape index (κ2) is 8.08. The minimum atomic E-state index is -3.76. The van der Waals surface area contributed by atoms with E-state index in [4.69, 9.17) is 0 Å². The summed E-state index contributed by atoms with van der Waals surface area (Å²) in [4.78, 5) is 3.78. The summed E-state index contributed by atoms with van der Waals surface area (Å²) in [6.07, 6.45) is 0.133. The molecule has 114 valence electrons. The van der Waals surface area contributed by atoms with Crippen molar-refractivity contribution in [2.24, 2.45) is 0 Å². The van der Waals surface area contributed by atoms with E-state index in [1.54, 1.807) is 6.07 Å². The van der Waals surface area contributed by atoms with Gasteiger partial charge in [0.05, 0.1) is 12.3 Å². The molecule has 0 aliphatic rings. The zero-order valence-corrected chi connectivity index (χ0v) is 11.8. The lowest BCUT2D eigenvalue weighted by Gasteiger charge is -2.11. The number of aromatic nitrogens is 1. The van der Waals surface area contributed by atoms with Crippen molar-refractivity contribution < 1.29 is 21.9 Å². The summed E-state index contributed by atoms with van der Waals surface area (Å²) in [5.41, 5.74) is 0.434. The highest BCUT2D eigenvalue weighted by Gasteiger charge is 2.18. The number of nitrogens with one attached hydrogen (secondary N) is 2. The molecule has 0 fully saturated rings. The zero-order valence-electron chi connectivity index (χ0n) is 11.0. The van der Waals surface area contributed by atoms with Crippen LogP contribution in [-0.2, 0) is 14.8 Å². The Kier molecular flexibility index (Phi) is 6.76. The lowest BCUT2D eigenvalue weighted by atomic mass is 10.4. The first-order chi connectivity index (χ1) is 9.47. The van der Waals surface area contributed by atoms with Crippen LogP contribution in [0.5, 0.6) is 0 Å². The quantitative estimate of drug-likeness (QED) is 0.667. The summed E-state index contributed by atoms with van der Waals surface area (Å²) in [6, 6.07) is 1.55. The van der Waals surface area contributed by atoms with E-state index in [0.717, 1.165) is 0 Å². The zero-order chi connectivity index (χ0) is 15.0. The van der Waals surface area contributed by atoms with Gasteiger partial charge in [0.15, 0.2) is 0 Å². The Morgan fingerprint density at radius 2 is 2.20 bits per heavy atom. The highest BCUT2D eigenvalue weighted by atomic mass is 32.2. The number of ether oxygens (including phenoxy) is 1. The normalized spacial score (nSPS) is 11.8. The van der Waals surface area contributed by atoms with Crippen molar-refractivity contribution >= 4 is 15.7 Å². The first-order valence-corrected chi connectivity index (χ1v) is 7.49. The Balaban J connectivity index is 2.60. The average Bonchev–Trinajstić information content (AvgIpc) is 2.38. The second-order valence-corrected chi connectivity index (χ2v) is 5.50. The molecule has 1 rings (SSSR count). The Labute approximate surface area is 116 Å². The molecule has 0 amide bonds. The number of alkyl halides is 2. The molecule has 1 heterocycles. The molecule has 0 aliphatic heterocycles. The number of nitrogens with zero attached hydrogens (tertiary/aromatic N) is 1. The van der Waals surface area contributed by atoms with Crippen molar-refractivity contribution in [2.45, 2.75) is 18.2 Å². The lowest BCUT2D eigenvalue weighted by Crippen LogP contribution is -2.28. The molecule has 1 aromatic heterocycles. The molecule has 0 radical (unpaired) electrons. The van der Waals surface area contributed by atoms with Gasteiger partial charge in [0.1, 0.15) is 11.5 Å². The molecule has 0 saturated carbocycles. The maximum atomic E-state index is 12.0. The maximum Gasteiger partial charge on any atom is 0.261 e. The molecule has 0 atom stereocenters. The fraction of sp³-hybridized carbons (Fsp3) is 0.545. The Morgan fingerprint density at radius 1 is 1.45 bits per heavy atom. The molecule has 0 saturated heterocycles. The van der Waals surface area contributed by atoms with E-state index in [1.807, 2.05) is 6.92 Å². The number of rotatable bonds is 9. The van der Waals surface area contributed by atoms with Gasteiger partial charge in [-0.25, -0.2) is 21.9 Å². The van der Waals surface area contributed by atoms with Crippen LogP contribution in [0.3, 0.4) is 0 Å². The highest BCUT2D eigenvalue weighted by Crippen LogP contribution is 2.18. The molecule has 0 unspecified atom stereocenters. The van der Waals surface area contributed by atoms with Crippen molar-refractivity contribution in [3.05, 3.63) is 18.5 Å². The molecule has 6 nitrogen and oxygen atoms in total. The molecule has 20 heavy (non-hydrogen) atoms. The molecule has 2 N–H and O–H groups in total. The van der Waals surface area contributed by atoms with E-state index in [1.165, 1.54) is 12.4 Å². The van der Waals surface area contributed by atoms with Crippen molar-refractivity contribution in [3.63, 3.8) is 0 Å². The van der Waals surface area contributed by atoms with E-state index in [0.29, 0.717) is 12.2 Å². The minimum Gasteiger partial charge on any atom is -0.384 e. The lowest BCUT2D eigenvalue weighted by molar-refractivity contribution is 0.0199. The van der Waals surface area contributed by atoms with Gasteiger partial charge < -0.3 is 10.1 Å². The van der Waals surface area contributed by atoms with Gasteiger partial charge in [-0.05, 0) is 13.0 Å². The van der Waals surface area contributed by atoms with E-state index in [2.05, 4.69) is 19.8 Å². The number of pyridine rings is 1. The third-order valence-electron chi connectivity index (χ3n) is 2.22. The predicted molar refractivity (Wildman–Crippen MR) is 70.4 cm³/mol. The smallest absolute Gasteiger partial charge is 0.261 e. The van der Waals surface area contributed by atoms with E-state index in [-0.39, 0.29) is 18.0 Å². The van der Waals surface area contributed by atoms with Gasteiger partial charge in [-0.3, -0.25) is 4.98 Å². The molecular weight excluding hydrogens is 292 g/mol. The first-order valence-electron chi connectivity index (χ1n) is 6.00. The van der Waals surface area contributed by atoms with Gasteiger partial charge >= 0.3 is 0 Å².